The Hall–Kier alpha value is -2.83. The largest absolute Gasteiger partial charge is 0.493 e. The zero-order chi connectivity index (χ0) is 23.5. The first-order valence-corrected chi connectivity index (χ1v) is 11.8. The smallest absolute Gasteiger partial charge is 0.315 e. The maximum Gasteiger partial charge on any atom is 0.315 e. The average molecular weight is 456 g/mol. The van der Waals surface area contributed by atoms with Crippen molar-refractivity contribution < 1.29 is 28.5 Å². The first-order valence-electron chi connectivity index (χ1n) is 11.8. The van der Waals surface area contributed by atoms with Gasteiger partial charge in [-0.1, -0.05) is 6.42 Å². The van der Waals surface area contributed by atoms with Gasteiger partial charge in [-0.3, -0.25) is 14.6 Å². The Kier molecular flexibility index (Phi) is 7.05. The lowest BCUT2D eigenvalue weighted by Gasteiger charge is -2.35. The van der Waals surface area contributed by atoms with Crippen LogP contribution in [0.3, 0.4) is 0 Å². The predicted octanol–water partition coefficient (Wildman–Crippen LogP) is 4.77. The van der Waals surface area contributed by atoms with Crippen LogP contribution in [0.15, 0.2) is 28.4 Å². The number of carbonyl (C=O) groups excluding carboxylic acids is 2. The Morgan fingerprint density at radius 3 is 2.21 bits per heavy atom. The Labute approximate surface area is 195 Å². The van der Waals surface area contributed by atoms with Crippen molar-refractivity contribution in [2.24, 2.45) is 10.9 Å². The molecule has 1 aromatic carbocycles. The van der Waals surface area contributed by atoms with Crippen LogP contribution in [-0.2, 0) is 14.3 Å². The molecule has 0 saturated heterocycles. The second-order valence-corrected chi connectivity index (χ2v) is 9.00. The number of allylic oxidation sites excluding steroid dienone is 2. The maximum absolute atomic E-state index is 13.5. The van der Waals surface area contributed by atoms with Crippen LogP contribution in [0.4, 0.5) is 0 Å². The van der Waals surface area contributed by atoms with E-state index in [0.29, 0.717) is 35.0 Å². The van der Waals surface area contributed by atoms with Crippen molar-refractivity contribution in [2.45, 2.75) is 70.3 Å². The van der Waals surface area contributed by atoms with Gasteiger partial charge in [-0.15, -0.1) is 0 Å². The third kappa shape index (κ3) is 4.50. The zero-order valence-corrected chi connectivity index (χ0v) is 19.9. The van der Waals surface area contributed by atoms with Gasteiger partial charge in [-0.2, -0.15) is 0 Å². The molecule has 1 fully saturated rings. The number of esters is 1. The molecule has 2 atom stereocenters. The third-order valence-corrected chi connectivity index (χ3v) is 6.97. The molecule has 1 aliphatic heterocycles. The van der Waals surface area contributed by atoms with E-state index < -0.39 is 11.8 Å². The molecule has 7 heteroatoms. The van der Waals surface area contributed by atoms with Crippen molar-refractivity contribution in [3.63, 3.8) is 0 Å². The number of benzene rings is 1. The van der Waals surface area contributed by atoms with Crippen molar-refractivity contribution in [1.29, 1.82) is 0 Å². The monoisotopic (exact) mass is 455 g/mol. The predicted molar refractivity (Wildman–Crippen MR) is 124 cm³/mol. The first-order chi connectivity index (χ1) is 16.0. The van der Waals surface area contributed by atoms with Crippen LogP contribution in [0.25, 0.3) is 0 Å². The van der Waals surface area contributed by atoms with E-state index in [1.54, 1.807) is 21.3 Å². The van der Waals surface area contributed by atoms with Crippen LogP contribution in [0.1, 0.15) is 69.8 Å². The highest BCUT2D eigenvalue weighted by Crippen LogP contribution is 2.48. The molecule has 0 spiro atoms. The van der Waals surface area contributed by atoms with Crippen molar-refractivity contribution in [2.75, 3.05) is 21.3 Å². The fraction of sp³-hybridized carbons (Fsp3) is 0.577. The molecule has 0 amide bonds. The summed E-state index contributed by atoms with van der Waals surface area (Å²) in [6.45, 7) is 1.86. The van der Waals surface area contributed by atoms with Crippen LogP contribution in [0.2, 0.25) is 0 Å². The number of Topliss-reactive ketones (excluding diaryl/α,β-unsaturated/α-hetero) is 1. The zero-order valence-electron chi connectivity index (χ0n) is 19.9. The summed E-state index contributed by atoms with van der Waals surface area (Å²) in [6, 6.07) is 3.66. The number of aliphatic imine (C=N–C) groups is 1. The van der Waals surface area contributed by atoms with Gasteiger partial charge in [-0.05, 0) is 63.1 Å². The van der Waals surface area contributed by atoms with Gasteiger partial charge >= 0.3 is 5.97 Å². The van der Waals surface area contributed by atoms with Crippen LogP contribution >= 0.6 is 0 Å². The fourth-order valence-corrected chi connectivity index (χ4v) is 5.37. The Morgan fingerprint density at radius 2 is 1.61 bits per heavy atom. The van der Waals surface area contributed by atoms with E-state index in [0.717, 1.165) is 49.8 Å². The standard InChI is InChI=1S/C26H33NO6/c1-15-22(26(29)33-17-9-6-5-7-10-17)23(24-18(27-15)11-8-12-19(24)28)16-13-20(30-2)25(32-4)21(14-16)31-3/h13-14,17,22-23H,5-12H2,1-4H3/t22?,23-/m0/s1. The minimum Gasteiger partial charge on any atom is -0.493 e. The van der Waals surface area contributed by atoms with Crippen molar-refractivity contribution in [3.8, 4) is 17.2 Å². The fourth-order valence-electron chi connectivity index (χ4n) is 5.37. The van der Waals surface area contributed by atoms with Crippen molar-refractivity contribution in [3.05, 3.63) is 29.0 Å². The van der Waals surface area contributed by atoms with Crippen molar-refractivity contribution in [1.82, 2.24) is 0 Å². The van der Waals surface area contributed by atoms with Crippen LogP contribution in [0, 0.1) is 5.92 Å². The number of carbonyl (C=O) groups is 2. The van der Waals surface area contributed by atoms with Gasteiger partial charge < -0.3 is 18.9 Å². The molecule has 1 aromatic rings. The highest BCUT2D eigenvalue weighted by atomic mass is 16.5. The second kappa shape index (κ2) is 9.98. The van der Waals surface area contributed by atoms with Gasteiger partial charge in [0.15, 0.2) is 17.3 Å². The summed E-state index contributed by atoms with van der Waals surface area (Å²) in [4.78, 5) is 31.4. The third-order valence-electron chi connectivity index (χ3n) is 6.97. The van der Waals surface area contributed by atoms with Gasteiger partial charge in [-0.25, -0.2) is 0 Å². The van der Waals surface area contributed by atoms with Gasteiger partial charge in [0.05, 0.1) is 21.3 Å². The summed E-state index contributed by atoms with van der Waals surface area (Å²) in [6.07, 6.45) is 6.97. The number of rotatable bonds is 6. The van der Waals surface area contributed by atoms with Crippen molar-refractivity contribution >= 4 is 17.5 Å². The van der Waals surface area contributed by atoms with E-state index in [1.807, 2.05) is 19.1 Å². The lowest BCUT2D eigenvalue weighted by molar-refractivity contribution is -0.153. The van der Waals surface area contributed by atoms with E-state index in [1.165, 1.54) is 6.42 Å². The molecule has 1 unspecified atom stereocenters. The van der Waals surface area contributed by atoms with E-state index in [4.69, 9.17) is 23.9 Å². The molecular formula is C26H33NO6. The van der Waals surface area contributed by atoms with Gasteiger partial charge in [0, 0.05) is 29.3 Å². The molecule has 7 nitrogen and oxygen atoms in total. The van der Waals surface area contributed by atoms with Gasteiger partial charge in [0.1, 0.15) is 12.0 Å². The highest BCUT2D eigenvalue weighted by molar-refractivity contribution is 6.08. The highest BCUT2D eigenvalue weighted by Gasteiger charge is 2.44. The molecule has 3 aliphatic rings. The van der Waals surface area contributed by atoms with Crippen LogP contribution < -0.4 is 14.2 Å². The molecule has 2 aliphatic carbocycles. The van der Waals surface area contributed by atoms with Gasteiger partial charge in [0.25, 0.3) is 0 Å². The number of ketones is 1. The lowest BCUT2D eigenvalue weighted by Crippen LogP contribution is -2.39. The summed E-state index contributed by atoms with van der Waals surface area (Å²) in [7, 11) is 4.66. The molecule has 0 N–H and O–H groups in total. The topological polar surface area (TPSA) is 83.4 Å². The quantitative estimate of drug-likeness (QED) is 0.575. The summed E-state index contributed by atoms with van der Waals surface area (Å²) < 4.78 is 22.6. The summed E-state index contributed by atoms with van der Waals surface area (Å²) in [5, 5.41) is 0. The number of hydrogen-bond donors (Lipinski definition) is 0. The molecule has 178 valence electrons. The number of nitrogens with zero attached hydrogens (tertiary/aromatic N) is 1. The Bertz CT molecular complexity index is 963. The number of hydrogen-bond acceptors (Lipinski definition) is 7. The van der Waals surface area contributed by atoms with Crippen LogP contribution in [-0.4, -0.2) is 44.9 Å². The molecule has 1 heterocycles. The minimum absolute atomic E-state index is 0.0433. The first kappa shape index (κ1) is 23.3. The van der Waals surface area contributed by atoms with Gasteiger partial charge in [0.2, 0.25) is 5.75 Å². The van der Waals surface area contributed by atoms with E-state index >= 15 is 0 Å². The molecule has 4 rings (SSSR count). The Balaban J connectivity index is 1.81. The minimum atomic E-state index is -0.671. The normalized spacial score (nSPS) is 23.5. The van der Waals surface area contributed by atoms with E-state index in [-0.39, 0.29) is 17.9 Å². The average Bonchev–Trinajstić information content (AvgIpc) is 2.82. The Morgan fingerprint density at radius 1 is 0.939 bits per heavy atom. The van der Waals surface area contributed by atoms with E-state index in [9.17, 15) is 9.59 Å². The second-order valence-electron chi connectivity index (χ2n) is 9.00. The molecule has 0 radical (unpaired) electrons. The molecule has 0 aromatic heterocycles. The molecule has 33 heavy (non-hydrogen) atoms. The summed E-state index contributed by atoms with van der Waals surface area (Å²) in [5.41, 5.74) is 2.84. The summed E-state index contributed by atoms with van der Waals surface area (Å²) in [5.74, 6) is -0.0109. The maximum atomic E-state index is 13.5. The molecule has 0 bridgehead atoms. The number of methoxy groups -OCH3 is 3. The van der Waals surface area contributed by atoms with E-state index in [2.05, 4.69) is 0 Å². The van der Waals surface area contributed by atoms with Crippen LogP contribution in [0.5, 0.6) is 17.2 Å². The summed E-state index contributed by atoms with van der Waals surface area (Å²) >= 11 is 0. The SMILES string of the molecule is COc1cc([C@@H]2C3=C(CCCC3=O)N=C(C)C2C(=O)OC2CCCCC2)cc(OC)c1OC. The molecule has 1 saturated carbocycles. The lowest BCUT2D eigenvalue weighted by atomic mass is 9.71. The number of ether oxygens (including phenoxy) is 4. The molecular weight excluding hydrogens is 422 g/mol.